The summed E-state index contributed by atoms with van der Waals surface area (Å²) in [5, 5.41) is 10.6. The van der Waals surface area contributed by atoms with Gasteiger partial charge in [-0.1, -0.05) is 318 Å². The van der Waals surface area contributed by atoms with Crippen molar-refractivity contribution in [3.05, 3.63) is 0 Å². The van der Waals surface area contributed by atoms with E-state index in [0.29, 0.717) is 25.7 Å². The van der Waals surface area contributed by atoms with Crippen molar-refractivity contribution in [2.75, 3.05) is 39.6 Å². The molecule has 540 valence electrons. The SMILES string of the molecule is CCCCCCCCCCCCCC(=O)O[C@H](COC(=O)CCCCCCC)COP(=O)(O)OC[C@H](O)COP(=O)(O)OC[C@@H](COC(=O)CCCCCCCCCCCCC(C)C)OC(=O)CCCCCCCCCCCCCCCCCCCCC(C)CC. The van der Waals surface area contributed by atoms with Gasteiger partial charge in [0.1, 0.15) is 19.3 Å². The van der Waals surface area contributed by atoms with Crippen LogP contribution >= 0.6 is 15.6 Å². The third kappa shape index (κ3) is 65.1. The maximum atomic E-state index is 13.0. The average Bonchev–Trinajstić information content (AvgIpc) is 3.73. The Labute approximate surface area is 556 Å². The number of hydrogen-bond donors (Lipinski definition) is 3. The van der Waals surface area contributed by atoms with Crippen LogP contribution in [0, 0.1) is 11.8 Å². The third-order valence-electron chi connectivity index (χ3n) is 17.1. The van der Waals surface area contributed by atoms with E-state index in [4.69, 9.17) is 37.0 Å². The molecule has 0 spiro atoms. The summed E-state index contributed by atoms with van der Waals surface area (Å²) in [6.07, 6.45) is 50.4. The first-order valence-corrected chi connectivity index (χ1v) is 40.5. The molecule has 0 aliphatic heterocycles. The van der Waals surface area contributed by atoms with Crippen LogP contribution in [0.15, 0.2) is 0 Å². The van der Waals surface area contributed by atoms with Crippen LogP contribution in [0.25, 0.3) is 0 Å². The van der Waals surface area contributed by atoms with E-state index in [2.05, 4.69) is 41.5 Å². The van der Waals surface area contributed by atoms with Crippen LogP contribution < -0.4 is 0 Å². The summed E-state index contributed by atoms with van der Waals surface area (Å²) >= 11 is 0. The molecular formula is C72H140O17P2. The lowest BCUT2D eigenvalue weighted by Gasteiger charge is -2.21. The lowest BCUT2D eigenvalue weighted by atomic mass is 9.99. The van der Waals surface area contributed by atoms with Crippen LogP contribution in [-0.2, 0) is 65.4 Å². The van der Waals surface area contributed by atoms with E-state index in [-0.39, 0.29) is 25.7 Å². The smallest absolute Gasteiger partial charge is 0.462 e. The highest BCUT2D eigenvalue weighted by Crippen LogP contribution is 2.45. The van der Waals surface area contributed by atoms with Crippen molar-refractivity contribution in [2.24, 2.45) is 11.8 Å². The van der Waals surface area contributed by atoms with Gasteiger partial charge in [0.2, 0.25) is 0 Å². The van der Waals surface area contributed by atoms with Crippen LogP contribution in [0.1, 0.15) is 369 Å². The molecule has 6 atom stereocenters. The van der Waals surface area contributed by atoms with Crippen molar-refractivity contribution in [3.63, 3.8) is 0 Å². The maximum absolute atomic E-state index is 13.0. The van der Waals surface area contributed by atoms with Crippen molar-refractivity contribution in [3.8, 4) is 0 Å². The highest BCUT2D eigenvalue weighted by atomic mass is 31.2. The fraction of sp³-hybridized carbons (Fsp3) is 0.944. The molecule has 0 bridgehead atoms. The highest BCUT2D eigenvalue weighted by Gasteiger charge is 2.30. The summed E-state index contributed by atoms with van der Waals surface area (Å²) < 4.78 is 68.1. The van der Waals surface area contributed by atoms with Crippen molar-refractivity contribution < 1.29 is 80.2 Å². The van der Waals surface area contributed by atoms with E-state index < -0.39 is 97.5 Å². The van der Waals surface area contributed by atoms with E-state index >= 15 is 0 Å². The molecule has 0 rings (SSSR count). The number of unbranched alkanes of at least 4 members (excludes halogenated alkanes) is 40. The number of phosphoric ester groups is 2. The molecule has 0 saturated carbocycles. The molecule has 0 radical (unpaired) electrons. The predicted molar refractivity (Wildman–Crippen MR) is 368 cm³/mol. The molecule has 0 heterocycles. The summed E-state index contributed by atoms with van der Waals surface area (Å²) in [6.45, 7) is 9.53. The molecule has 0 saturated heterocycles. The van der Waals surface area contributed by atoms with Crippen molar-refractivity contribution in [1.29, 1.82) is 0 Å². The summed E-state index contributed by atoms with van der Waals surface area (Å²) in [5.41, 5.74) is 0. The summed E-state index contributed by atoms with van der Waals surface area (Å²) in [5.74, 6) is -0.504. The molecule has 0 amide bonds. The summed E-state index contributed by atoms with van der Waals surface area (Å²) in [4.78, 5) is 72.3. The highest BCUT2D eigenvalue weighted by molar-refractivity contribution is 7.47. The fourth-order valence-corrected chi connectivity index (χ4v) is 12.5. The molecule has 19 heteroatoms. The Kier molecular flexibility index (Phi) is 62.7. The van der Waals surface area contributed by atoms with Crippen molar-refractivity contribution in [2.45, 2.75) is 387 Å². The van der Waals surface area contributed by atoms with Gasteiger partial charge >= 0.3 is 39.5 Å². The number of aliphatic hydroxyl groups excluding tert-OH is 1. The summed E-state index contributed by atoms with van der Waals surface area (Å²) in [6, 6.07) is 0. The standard InChI is InChI=1S/C72H140O17P2/c1-7-10-12-14-15-16-25-33-38-44-50-56-71(76)88-67(60-82-69(74)54-48-40-13-11-8-2)62-86-90(78,79)84-58-66(73)59-85-91(80,81)87-63-68(61-83-70(75)55-49-43-37-32-29-28-30-35-41-46-52-64(4)5)89-72(77)57-51-45-39-34-27-24-22-20-18-17-19-21-23-26-31-36-42-47-53-65(6)9-3/h64-68,73H,7-63H2,1-6H3,(H,78,79)(H,80,81)/t65?,66-,67+,68+/m0/s1. The van der Waals surface area contributed by atoms with Gasteiger partial charge in [-0.05, 0) is 37.5 Å². The summed E-state index contributed by atoms with van der Waals surface area (Å²) in [7, 11) is -9.89. The number of phosphoric acid groups is 2. The number of hydrogen-bond acceptors (Lipinski definition) is 15. The quantitative estimate of drug-likeness (QED) is 0.0222. The first-order chi connectivity index (χ1) is 43.9. The molecule has 0 aliphatic carbocycles. The molecule has 0 aliphatic rings. The first kappa shape index (κ1) is 89.1. The Morgan fingerprint density at radius 2 is 0.560 bits per heavy atom. The topological polar surface area (TPSA) is 237 Å². The van der Waals surface area contributed by atoms with Gasteiger partial charge in [-0.3, -0.25) is 37.3 Å². The Balaban J connectivity index is 5.10. The molecule has 91 heavy (non-hydrogen) atoms. The van der Waals surface area contributed by atoms with Crippen LogP contribution in [0.2, 0.25) is 0 Å². The Morgan fingerprint density at radius 1 is 0.319 bits per heavy atom. The van der Waals surface area contributed by atoms with E-state index in [1.54, 1.807) is 0 Å². The number of rotatable bonds is 71. The second-order valence-corrected chi connectivity index (χ2v) is 29.6. The number of ether oxygens (including phenoxy) is 4. The molecule has 0 fully saturated rings. The van der Waals surface area contributed by atoms with E-state index in [0.717, 1.165) is 108 Å². The second kappa shape index (κ2) is 64.1. The lowest BCUT2D eigenvalue weighted by Crippen LogP contribution is -2.30. The van der Waals surface area contributed by atoms with E-state index in [1.807, 2.05) is 0 Å². The molecule has 17 nitrogen and oxygen atoms in total. The molecular weight excluding hydrogens is 1200 g/mol. The first-order valence-electron chi connectivity index (χ1n) is 37.5. The predicted octanol–water partition coefficient (Wildman–Crippen LogP) is 20.8. The lowest BCUT2D eigenvalue weighted by molar-refractivity contribution is -0.161. The Morgan fingerprint density at radius 3 is 0.835 bits per heavy atom. The zero-order chi connectivity index (χ0) is 67.2. The Bertz CT molecular complexity index is 1770. The largest absolute Gasteiger partial charge is 0.472 e. The van der Waals surface area contributed by atoms with Gasteiger partial charge in [-0.25, -0.2) is 9.13 Å². The minimum Gasteiger partial charge on any atom is -0.462 e. The third-order valence-corrected chi connectivity index (χ3v) is 19.0. The minimum absolute atomic E-state index is 0.106. The molecule has 3 N–H and O–H groups in total. The second-order valence-electron chi connectivity index (χ2n) is 26.7. The van der Waals surface area contributed by atoms with Gasteiger partial charge in [0.25, 0.3) is 0 Å². The molecule has 0 aromatic carbocycles. The number of aliphatic hydroxyl groups is 1. The molecule has 0 aromatic rings. The van der Waals surface area contributed by atoms with Gasteiger partial charge in [-0.2, -0.15) is 0 Å². The van der Waals surface area contributed by atoms with E-state index in [1.165, 1.54) is 180 Å². The van der Waals surface area contributed by atoms with Crippen LogP contribution in [0.5, 0.6) is 0 Å². The van der Waals surface area contributed by atoms with Gasteiger partial charge in [0.05, 0.1) is 26.4 Å². The van der Waals surface area contributed by atoms with Gasteiger partial charge < -0.3 is 33.8 Å². The van der Waals surface area contributed by atoms with Crippen LogP contribution in [-0.4, -0.2) is 96.7 Å². The zero-order valence-corrected chi connectivity index (χ0v) is 60.9. The maximum Gasteiger partial charge on any atom is 0.472 e. The van der Waals surface area contributed by atoms with Crippen LogP contribution in [0.3, 0.4) is 0 Å². The normalized spacial score (nSPS) is 14.4. The fourth-order valence-electron chi connectivity index (χ4n) is 10.9. The minimum atomic E-state index is -4.95. The van der Waals surface area contributed by atoms with Gasteiger partial charge in [-0.15, -0.1) is 0 Å². The number of carbonyl (C=O) groups excluding carboxylic acids is 4. The number of carbonyl (C=O) groups is 4. The number of esters is 4. The Hall–Kier alpha value is -1.94. The van der Waals surface area contributed by atoms with Gasteiger partial charge in [0.15, 0.2) is 12.2 Å². The van der Waals surface area contributed by atoms with Crippen LogP contribution in [0.4, 0.5) is 0 Å². The molecule has 0 aromatic heterocycles. The zero-order valence-electron chi connectivity index (χ0n) is 59.1. The monoisotopic (exact) mass is 1340 g/mol. The van der Waals surface area contributed by atoms with Crippen molar-refractivity contribution in [1.82, 2.24) is 0 Å². The van der Waals surface area contributed by atoms with E-state index in [9.17, 15) is 43.2 Å². The average molecular weight is 1340 g/mol. The van der Waals surface area contributed by atoms with Crippen molar-refractivity contribution >= 4 is 39.5 Å². The van der Waals surface area contributed by atoms with Gasteiger partial charge in [0, 0.05) is 25.7 Å². The molecule has 3 unspecified atom stereocenters.